The second-order valence-corrected chi connectivity index (χ2v) is 8.27. The first-order chi connectivity index (χ1) is 12.3. The number of hydrogen-bond donors (Lipinski definition) is 4. The van der Waals surface area contributed by atoms with Crippen molar-refractivity contribution in [2.45, 2.75) is 36.2 Å². The third kappa shape index (κ3) is 4.18. The number of carbonyl (C=O) groups excluding carboxylic acids is 2. The van der Waals surface area contributed by atoms with Gasteiger partial charge < -0.3 is 15.4 Å². The highest BCUT2D eigenvalue weighted by Crippen LogP contribution is 2.34. The molecule has 27 heavy (non-hydrogen) atoms. The Balaban J connectivity index is 0.00000261. The lowest BCUT2D eigenvalue weighted by Gasteiger charge is -2.26. The summed E-state index contributed by atoms with van der Waals surface area (Å²) in [6, 6.07) is 3.43. The highest BCUT2D eigenvalue weighted by atomic mass is 35.5. The Morgan fingerprint density at radius 2 is 2.04 bits per heavy atom. The molecule has 0 bridgehead atoms. The molecule has 2 heterocycles. The molecule has 11 heteroatoms. The van der Waals surface area contributed by atoms with E-state index in [4.69, 9.17) is 4.74 Å². The Labute approximate surface area is 164 Å². The lowest BCUT2D eigenvalue weighted by atomic mass is 9.91. The molecule has 9 nitrogen and oxygen atoms in total. The van der Waals surface area contributed by atoms with Gasteiger partial charge in [0.05, 0.1) is 12.0 Å². The maximum absolute atomic E-state index is 12.7. The van der Waals surface area contributed by atoms with E-state index < -0.39 is 27.5 Å². The standard InChI is InChI=1S/C16H22N4O5S.ClH/c1-16(14(21)18-15(22)19-16)12-8-11(5-6-13(12)25-2)26(23,24)20-10-4-3-7-17-9-10;/h5-6,8,10,17,20H,3-4,7,9H2,1-2H3,(H2,18,19,21,22);1H. The molecule has 2 unspecified atom stereocenters. The first kappa shape index (κ1) is 21.4. The number of methoxy groups -OCH3 is 1. The zero-order valence-electron chi connectivity index (χ0n) is 15.0. The minimum Gasteiger partial charge on any atom is -0.496 e. The Morgan fingerprint density at radius 1 is 1.30 bits per heavy atom. The van der Waals surface area contributed by atoms with Crippen LogP contribution < -0.4 is 25.4 Å². The number of benzene rings is 1. The first-order valence-corrected chi connectivity index (χ1v) is 9.80. The van der Waals surface area contributed by atoms with Gasteiger partial charge in [-0.15, -0.1) is 12.4 Å². The molecule has 2 atom stereocenters. The molecule has 3 amide bonds. The number of hydrogen-bond acceptors (Lipinski definition) is 6. The summed E-state index contributed by atoms with van der Waals surface area (Å²) >= 11 is 0. The minimum absolute atomic E-state index is 0. The molecule has 2 fully saturated rings. The number of halogens is 1. The third-order valence-corrected chi connectivity index (χ3v) is 6.20. The average Bonchev–Trinajstić information content (AvgIpc) is 2.87. The van der Waals surface area contributed by atoms with Gasteiger partial charge in [-0.1, -0.05) is 0 Å². The average molecular weight is 419 g/mol. The van der Waals surface area contributed by atoms with Gasteiger partial charge in [0.2, 0.25) is 10.0 Å². The zero-order valence-corrected chi connectivity index (χ0v) is 16.6. The summed E-state index contributed by atoms with van der Waals surface area (Å²) in [5.41, 5.74) is -1.15. The number of imide groups is 1. The second kappa shape index (κ2) is 8.01. The molecule has 4 N–H and O–H groups in total. The Morgan fingerprint density at radius 3 is 2.59 bits per heavy atom. The summed E-state index contributed by atoms with van der Waals surface area (Å²) in [6.45, 7) is 2.94. The highest BCUT2D eigenvalue weighted by molar-refractivity contribution is 7.89. The summed E-state index contributed by atoms with van der Waals surface area (Å²) in [6.07, 6.45) is 1.65. The lowest BCUT2D eigenvalue weighted by molar-refractivity contribution is -0.123. The van der Waals surface area contributed by atoms with E-state index in [0.29, 0.717) is 12.3 Å². The topological polar surface area (TPSA) is 126 Å². The summed E-state index contributed by atoms with van der Waals surface area (Å²) in [4.78, 5) is 23.8. The Bertz CT molecular complexity index is 841. The van der Waals surface area contributed by atoms with E-state index in [1.54, 1.807) is 0 Å². The minimum atomic E-state index is -3.78. The smallest absolute Gasteiger partial charge is 0.322 e. The molecule has 3 rings (SSSR count). The second-order valence-electron chi connectivity index (χ2n) is 6.56. The van der Waals surface area contributed by atoms with Crippen molar-refractivity contribution in [3.63, 3.8) is 0 Å². The van der Waals surface area contributed by atoms with Crippen LogP contribution in [0.15, 0.2) is 23.1 Å². The van der Waals surface area contributed by atoms with E-state index in [2.05, 4.69) is 20.7 Å². The van der Waals surface area contributed by atoms with Gasteiger partial charge in [0.15, 0.2) is 0 Å². The molecule has 2 saturated heterocycles. The zero-order chi connectivity index (χ0) is 18.9. The predicted octanol–water partition coefficient (Wildman–Crippen LogP) is 0.202. The van der Waals surface area contributed by atoms with Crippen molar-refractivity contribution in [3.8, 4) is 5.75 Å². The first-order valence-electron chi connectivity index (χ1n) is 8.31. The maximum Gasteiger partial charge on any atom is 0.322 e. The summed E-state index contributed by atoms with van der Waals surface area (Å²) in [5, 5.41) is 7.84. The van der Waals surface area contributed by atoms with Crippen LogP contribution in [0.25, 0.3) is 0 Å². The van der Waals surface area contributed by atoms with Gasteiger partial charge in [-0.25, -0.2) is 17.9 Å². The molecule has 1 aromatic rings. The number of amides is 3. The Kier molecular flexibility index (Phi) is 6.35. The molecule has 0 aromatic heterocycles. The van der Waals surface area contributed by atoms with Crippen molar-refractivity contribution in [1.82, 2.24) is 20.7 Å². The van der Waals surface area contributed by atoms with Gasteiger partial charge in [0.1, 0.15) is 11.3 Å². The van der Waals surface area contributed by atoms with E-state index in [0.717, 1.165) is 19.4 Å². The van der Waals surface area contributed by atoms with Crippen LogP contribution >= 0.6 is 12.4 Å². The van der Waals surface area contributed by atoms with Crippen LogP contribution in [0.2, 0.25) is 0 Å². The number of rotatable bonds is 5. The number of nitrogens with one attached hydrogen (secondary N) is 4. The molecule has 2 aliphatic heterocycles. The Hall–Kier alpha value is -1.88. The van der Waals surface area contributed by atoms with Gasteiger partial charge in [-0.05, 0) is 44.5 Å². The fourth-order valence-corrected chi connectivity index (χ4v) is 4.51. The quantitative estimate of drug-likeness (QED) is 0.506. The van der Waals surface area contributed by atoms with Crippen LogP contribution in [0, 0.1) is 0 Å². The highest BCUT2D eigenvalue weighted by Gasteiger charge is 2.45. The normalized spacial score (nSPS) is 25.3. The van der Waals surface area contributed by atoms with Gasteiger partial charge in [-0.2, -0.15) is 0 Å². The number of urea groups is 1. The van der Waals surface area contributed by atoms with Gasteiger partial charge >= 0.3 is 6.03 Å². The summed E-state index contributed by atoms with van der Waals surface area (Å²) in [7, 11) is -2.37. The van der Waals surface area contributed by atoms with Crippen LogP contribution in [-0.4, -0.2) is 46.6 Å². The fourth-order valence-electron chi connectivity index (χ4n) is 3.22. The van der Waals surface area contributed by atoms with Crippen LogP contribution in [0.1, 0.15) is 25.3 Å². The van der Waals surface area contributed by atoms with E-state index in [-0.39, 0.29) is 28.9 Å². The van der Waals surface area contributed by atoms with Crippen molar-refractivity contribution in [3.05, 3.63) is 23.8 Å². The van der Waals surface area contributed by atoms with Gasteiger partial charge in [-0.3, -0.25) is 10.1 Å². The van der Waals surface area contributed by atoms with Crippen LogP contribution in [-0.2, 0) is 20.4 Å². The number of sulfonamides is 1. The van der Waals surface area contributed by atoms with Crippen molar-refractivity contribution in [1.29, 1.82) is 0 Å². The molecule has 150 valence electrons. The number of piperidine rings is 1. The van der Waals surface area contributed by atoms with Crippen molar-refractivity contribution in [2.75, 3.05) is 20.2 Å². The summed E-state index contributed by atoms with van der Waals surface area (Å²) in [5.74, 6) is -0.261. The van der Waals surface area contributed by atoms with E-state index in [1.165, 1.54) is 32.2 Å². The predicted molar refractivity (Wildman–Crippen MR) is 100 cm³/mol. The van der Waals surface area contributed by atoms with Crippen molar-refractivity contribution >= 4 is 34.4 Å². The lowest BCUT2D eigenvalue weighted by Crippen LogP contribution is -2.45. The molecule has 2 aliphatic rings. The summed E-state index contributed by atoms with van der Waals surface area (Å²) < 4.78 is 33.4. The molecule has 0 radical (unpaired) electrons. The number of ether oxygens (including phenoxy) is 1. The van der Waals surface area contributed by atoms with Crippen molar-refractivity contribution < 1.29 is 22.7 Å². The molecule has 0 aliphatic carbocycles. The van der Waals surface area contributed by atoms with E-state index in [1.807, 2.05) is 0 Å². The van der Waals surface area contributed by atoms with Crippen molar-refractivity contribution in [2.24, 2.45) is 0 Å². The van der Waals surface area contributed by atoms with E-state index in [9.17, 15) is 18.0 Å². The third-order valence-electron chi connectivity index (χ3n) is 4.68. The number of carbonyl (C=O) groups is 2. The van der Waals surface area contributed by atoms with Gasteiger partial charge in [0, 0.05) is 18.2 Å². The van der Waals surface area contributed by atoms with Crippen LogP contribution in [0.4, 0.5) is 4.79 Å². The maximum atomic E-state index is 12.7. The molecule has 0 saturated carbocycles. The monoisotopic (exact) mass is 418 g/mol. The van der Waals surface area contributed by atoms with Gasteiger partial charge in [0.25, 0.3) is 5.91 Å². The van der Waals surface area contributed by atoms with Crippen LogP contribution in [0.5, 0.6) is 5.75 Å². The fraction of sp³-hybridized carbons (Fsp3) is 0.500. The largest absolute Gasteiger partial charge is 0.496 e. The molecular weight excluding hydrogens is 396 g/mol. The van der Waals surface area contributed by atoms with E-state index >= 15 is 0 Å². The van der Waals surface area contributed by atoms with Crippen LogP contribution in [0.3, 0.4) is 0 Å². The molecule has 1 aromatic carbocycles. The molecule has 0 spiro atoms. The molecular formula is C16H23ClN4O5S. The SMILES string of the molecule is COc1ccc(S(=O)(=O)NC2CCCNC2)cc1C1(C)NC(=O)NC1=O.Cl.